The van der Waals surface area contributed by atoms with Gasteiger partial charge in [-0.2, -0.15) is 5.10 Å². The van der Waals surface area contributed by atoms with Gasteiger partial charge in [0, 0.05) is 25.7 Å². The smallest absolute Gasteiger partial charge is 0.337 e. The van der Waals surface area contributed by atoms with Gasteiger partial charge in [-0.3, -0.25) is 4.68 Å². The van der Waals surface area contributed by atoms with Gasteiger partial charge in [-0.1, -0.05) is 11.6 Å². The van der Waals surface area contributed by atoms with Crippen molar-refractivity contribution in [3.05, 3.63) is 41.5 Å². The minimum Gasteiger partial charge on any atom is -0.478 e. The molecule has 1 heterocycles. The van der Waals surface area contributed by atoms with E-state index in [0.717, 1.165) is 11.4 Å². The van der Waals surface area contributed by atoms with Crippen LogP contribution in [0.15, 0.2) is 24.5 Å². The Morgan fingerprint density at radius 1 is 1.47 bits per heavy atom. The fourth-order valence-electron chi connectivity index (χ4n) is 1.80. The third-order valence-electron chi connectivity index (χ3n) is 2.72. The summed E-state index contributed by atoms with van der Waals surface area (Å²) < 4.78 is 1.64. The average molecular weight is 260 g/mol. The molecular weight excluding hydrogens is 244 g/mol. The second-order valence-corrected chi connectivity index (χ2v) is 4.37. The van der Waals surface area contributed by atoms with Crippen molar-refractivity contribution in [1.82, 2.24) is 14.8 Å². The molecule has 0 bridgehead atoms. The lowest BCUT2D eigenvalue weighted by Gasteiger charge is -2.09. The zero-order valence-corrected chi connectivity index (χ0v) is 10.9. The zero-order valence-electron chi connectivity index (χ0n) is 10.9. The number of anilines is 1. The van der Waals surface area contributed by atoms with Gasteiger partial charge in [0.15, 0.2) is 5.82 Å². The second kappa shape index (κ2) is 5.51. The Morgan fingerprint density at radius 2 is 2.26 bits per heavy atom. The lowest BCUT2D eigenvalue weighted by atomic mass is 10.1. The van der Waals surface area contributed by atoms with Crippen LogP contribution in [0.5, 0.6) is 0 Å². The number of rotatable bonds is 5. The van der Waals surface area contributed by atoms with E-state index in [0.29, 0.717) is 18.7 Å². The predicted molar refractivity (Wildman–Crippen MR) is 71.3 cm³/mol. The quantitative estimate of drug-likeness (QED) is 0.851. The molecule has 100 valence electrons. The first-order valence-electron chi connectivity index (χ1n) is 5.98. The van der Waals surface area contributed by atoms with Crippen molar-refractivity contribution in [3.8, 4) is 0 Å². The SMILES string of the molecule is Cc1ccc(NCCc2ncn(C)n2)c(C(=O)O)c1. The van der Waals surface area contributed by atoms with Gasteiger partial charge in [-0.15, -0.1) is 0 Å². The number of hydrogen-bond acceptors (Lipinski definition) is 4. The fraction of sp³-hybridized carbons (Fsp3) is 0.308. The number of aromatic nitrogens is 3. The Kier molecular flexibility index (Phi) is 3.79. The van der Waals surface area contributed by atoms with Gasteiger partial charge in [0.1, 0.15) is 6.33 Å². The normalized spacial score (nSPS) is 10.4. The van der Waals surface area contributed by atoms with Crippen molar-refractivity contribution >= 4 is 11.7 Å². The second-order valence-electron chi connectivity index (χ2n) is 4.37. The predicted octanol–water partition coefficient (Wildman–Crippen LogP) is 1.48. The number of nitrogens with one attached hydrogen (secondary N) is 1. The molecule has 6 nitrogen and oxygen atoms in total. The van der Waals surface area contributed by atoms with E-state index >= 15 is 0 Å². The lowest BCUT2D eigenvalue weighted by Crippen LogP contribution is -2.10. The molecule has 2 N–H and O–H groups in total. The molecule has 0 unspecified atom stereocenters. The van der Waals surface area contributed by atoms with E-state index in [9.17, 15) is 4.79 Å². The van der Waals surface area contributed by atoms with Crippen LogP contribution in [-0.2, 0) is 13.5 Å². The fourth-order valence-corrected chi connectivity index (χ4v) is 1.80. The zero-order chi connectivity index (χ0) is 13.8. The molecule has 6 heteroatoms. The van der Waals surface area contributed by atoms with Crippen molar-refractivity contribution in [2.75, 3.05) is 11.9 Å². The average Bonchev–Trinajstić information content (AvgIpc) is 2.77. The van der Waals surface area contributed by atoms with E-state index in [2.05, 4.69) is 15.4 Å². The minimum absolute atomic E-state index is 0.286. The van der Waals surface area contributed by atoms with Crippen LogP contribution in [0.2, 0.25) is 0 Å². The van der Waals surface area contributed by atoms with Crippen LogP contribution in [0.1, 0.15) is 21.7 Å². The molecule has 1 aromatic carbocycles. The highest BCUT2D eigenvalue weighted by atomic mass is 16.4. The Hall–Kier alpha value is -2.37. The third kappa shape index (κ3) is 3.31. The van der Waals surface area contributed by atoms with Crippen LogP contribution in [0.3, 0.4) is 0 Å². The standard InChI is InChI=1S/C13H16N4O2/c1-9-3-4-11(10(7-9)13(18)19)14-6-5-12-15-8-17(2)16-12/h3-4,7-8,14H,5-6H2,1-2H3,(H,18,19). The maximum atomic E-state index is 11.1. The molecular formula is C13H16N4O2. The molecule has 0 radical (unpaired) electrons. The maximum absolute atomic E-state index is 11.1. The molecule has 0 saturated carbocycles. The van der Waals surface area contributed by atoms with Gasteiger partial charge in [-0.25, -0.2) is 9.78 Å². The van der Waals surface area contributed by atoms with Crippen LogP contribution in [-0.4, -0.2) is 32.4 Å². The van der Waals surface area contributed by atoms with E-state index in [1.165, 1.54) is 0 Å². The van der Waals surface area contributed by atoms with Gasteiger partial charge in [-0.05, 0) is 19.1 Å². The summed E-state index contributed by atoms with van der Waals surface area (Å²) in [6, 6.07) is 5.32. The summed E-state index contributed by atoms with van der Waals surface area (Å²) in [5.41, 5.74) is 1.83. The van der Waals surface area contributed by atoms with Crippen molar-refractivity contribution in [3.63, 3.8) is 0 Å². The molecule has 0 aliphatic carbocycles. The molecule has 0 saturated heterocycles. The molecule has 0 amide bonds. The van der Waals surface area contributed by atoms with Gasteiger partial charge in [0.2, 0.25) is 0 Å². The van der Waals surface area contributed by atoms with Crippen LogP contribution in [0.25, 0.3) is 0 Å². The first-order chi connectivity index (χ1) is 9.06. The van der Waals surface area contributed by atoms with E-state index in [1.807, 2.05) is 20.0 Å². The molecule has 0 atom stereocenters. The molecule has 2 rings (SSSR count). The highest BCUT2D eigenvalue weighted by molar-refractivity contribution is 5.94. The van der Waals surface area contributed by atoms with Crippen molar-refractivity contribution in [1.29, 1.82) is 0 Å². The monoisotopic (exact) mass is 260 g/mol. The molecule has 1 aromatic heterocycles. The van der Waals surface area contributed by atoms with E-state index < -0.39 is 5.97 Å². The molecule has 2 aromatic rings. The summed E-state index contributed by atoms with van der Waals surface area (Å²) in [6.45, 7) is 2.46. The molecule has 0 fully saturated rings. The van der Waals surface area contributed by atoms with E-state index in [-0.39, 0.29) is 5.56 Å². The maximum Gasteiger partial charge on any atom is 0.337 e. The minimum atomic E-state index is -0.929. The largest absolute Gasteiger partial charge is 0.478 e. The molecule has 0 spiro atoms. The molecule has 0 aliphatic rings. The van der Waals surface area contributed by atoms with E-state index in [1.54, 1.807) is 23.1 Å². The summed E-state index contributed by atoms with van der Waals surface area (Å²) in [5, 5.41) is 16.4. The van der Waals surface area contributed by atoms with Crippen LogP contribution < -0.4 is 5.32 Å². The highest BCUT2D eigenvalue weighted by Gasteiger charge is 2.09. The summed E-state index contributed by atoms with van der Waals surface area (Å²) in [7, 11) is 1.81. The van der Waals surface area contributed by atoms with Crippen molar-refractivity contribution < 1.29 is 9.90 Å². The first-order valence-corrected chi connectivity index (χ1v) is 5.98. The number of carboxylic acid groups (broad SMARTS) is 1. The number of aromatic carboxylic acids is 1. The number of carboxylic acids is 1. The van der Waals surface area contributed by atoms with Crippen molar-refractivity contribution in [2.45, 2.75) is 13.3 Å². The number of hydrogen-bond donors (Lipinski definition) is 2. The number of benzene rings is 1. The van der Waals surface area contributed by atoms with Crippen LogP contribution in [0.4, 0.5) is 5.69 Å². The Balaban J connectivity index is 2.01. The Labute approximate surface area is 111 Å². The summed E-state index contributed by atoms with van der Waals surface area (Å²) >= 11 is 0. The van der Waals surface area contributed by atoms with Crippen LogP contribution in [0, 0.1) is 6.92 Å². The Morgan fingerprint density at radius 3 is 2.89 bits per heavy atom. The summed E-state index contributed by atoms with van der Waals surface area (Å²) in [6.07, 6.45) is 2.29. The molecule has 19 heavy (non-hydrogen) atoms. The van der Waals surface area contributed by atoms with Gasteiger partial charge >= 0.3 is 5.97 Å². The van der Waals surface area contributed by atoms with Gasteiger partial charge < -0.3 is 10.4 Å². The topological polar surface area (TPSA) is 80.0 Å². The molecule has 0 aliphatic heterocycles. The highest BCUT2D eigenvalue weighted by Crippen LogP contribution is 2.17. The number of nitrogens with zero attached hydrogens (tertiary/aromatic N) is 3. The van der Waals surface area contributed by atoms with Crippen LogP contribution >= 0.6 is 0 Å². The summed E-state index contributed by atoms with van der Waals surface area (Å²) in [4.78, 5) is 15.3. The summed E-state index contributed by atoms with van der Waals surface area (Å²) in [5.74, 6) is -0.193. The number of carbonyl (C=O) groups is 1. The van der Waals surface area contributed by atoms with Gasteiger partial charge in [0.05, 0.1) is 5.56 Å². The lowest BCUT2D eigenvalue weighted by molar-refractivity contribution is 0.0698. The van der Waals surface area contributed by atoms with Crippen molar-refractivity contribution in [2.24, 2.45) is 7.05 Å². The third-order valence-corrected chi connectivity index (χ3v) is 2.72. The van der Waals surface area contributed by atoms with E-state index in [4.69, 9.17) is 5.11 Å². The first kappa shape index (κ1) is 13.1. The number of aryl methyl sites for hydroxylation is 2. The Bertz CT molecular complexity index is 592. The van der Waals surface area contributed by atoms with Gasteiger partial charge in [0.25, 0.3) is 0 Å².